The summed E-state index contributed by atoms with van der Waals surface area (Å²) < 4.78 is 8.74. The van der Waals surface area contributed by atoms with Crippen molar-refractivity contribution in [3.8, 4) is 0 Å². The largest absolute Gasteiger partial charge is 0.467 e. The van der Waals surface area contributed by atoms with Gasteiger partial charge in [-0.1, -0.05) is 6.92 Å². The summed E-state index contributed by atoms with van der Waals surface area (Å²) in [6, 6.07) is -0.695. The minimum atomic E-state index is -2.20. The Hall–Kier alpha value is -2.28. The number of nitrogens with zero attached hydrogens (tertiary/aromatic N) is 2. The Morgan fingerprint density at radius 3 is 2.19 bits per heavy atom. The topological polar surface area (TPSA) is 174 Å². The number of methoxy groups -OCH3 is 1. The molecule has 4 N–H and O–H groups in total. The quantitative estimate of drug-likeness (QED) is 0.219. The van der Waals surface area contributed by atoms with E-state index in [-0.39, 0.29) is 19.6 Å². The predicted octanol–water partition coefficient (Wildman–Crippen LogP) is -3.18. The molecule has 1 aliphatic rings. The molecule has 1 saturated heterocycles. The van der Waals surface area contributed by atoms with Crippen LogP contribution < -0.4 is 0 Å². The Balaban J connectivity index is 2.49. The number of carbonyl (C=O) groups excluding carboxylic acids is 4. The summed E-state index contributed by atoms with van der Waals surface area (Å²) in [7, 11) is 0.949. The first-order valence-electron chi connectivity index (χ1n) is 8.18. The molecule has 0 bridgehead atoms. The molecule has 0 saturated carbocycles. The van der Waals surface area contributed by atoms with Crippen LogP contribution in [0.15, 0.2) is 0 Å². The van der Waals surface area contributed by atoms with Gasteiger partial charge >= 0.3 is 18.0 Å². The number of ether oxygens (including phenoxy) is 2. The van der Waals surface area contributed by atoms with Gasteiger partial charge < -0.3 is 34.8 Å². The van der Waals surface area contributed by atoms with Crippen molar-refractivity contribution in [2.75, 3.05) is 33.4 Å². The lowest BCUT2D eigenvalue weighted by molar-refractivity contribution is -0.173. The molecule has 12 nitrogen and oxygen atoms in total. The maximum atomic E-state index is 12.1. The Labute approximate surface area is 154 Å². The lowest BCUT2D eigenvalue weighted by atomic mass is 10.2. The zero-order valence-corrected chi connectivity index (χ0v) is 15.0. The van der Waals surface area contributed by atoms with Crippen LogP contribution in [0.3, 0.4) is 0 Å². The van der Waals surface area contributed by atoms with Crippen molar-refractivity contribution in [1.29, 1.82) is 0 Å². The Morgan fingerprint density at radius 1 is 1.04 bits per heavy atom. The number of carbonyl (C=O) groups is 4. The Morgan fingerprint density at radius 2 is 1.63 bits per heavy atom. The zero-order valence-electron chi connectivity index (χ0n) is 15.0. The number of imide groups is 1. The molecule has 0 spiro atoms. The third-order valence-corrected chi connectivity index (χ3v) is 3.83. The first kappa shape index (κ1) is 22.8. The van der Waals surface area contributed by atoms with Gasteiger partial charge in [-0.3, -0.25) is 9.69 Å². The zero-order chi connectivity index (χ0) is 20.7. The van der Waals surface area contributed by atoms with Gasteiger partial charge in [0, 0.05) is 0 Å². The molecule has 0 aliphatic carbocycles. The Bertz CT molecular complexity index is 569. The van der Waals surface area contributed by atoms with Gasteiger partial charge in [-0.2, -0.15) is 0 Å². The van der Waals surface area contributed by atoms with Gasteiger partial charge in [0.05, 0.1) is 26.3 Å². The second-order valence-electron chi connectivity index (χ2n) is 5.93. The van der Waals surface area contributed by atoms with Crippen molar-refractivity contribution < 1.29 is 49.1 Å². The highest BCUT2D eigenvalue weighted by Crippen LogP contribution is 2.12. The maximum Gasteiger partial charge on any atom is 0.338 e. The fraction of sp³-hybridized carbons (Fsp3) is 0.733. The molecule has 1 heterocycles. The number of esters is 2. The fourth-order valence-electron chi connectivity index (χ4n) is 2.21. The predicted molar refractivity (Wildman–Crippen MR) is 86.0 cm³/mol. The number of hydrogen-bond donors (Lipinski definition) is 4. The van der Waals surface area contributed by atoms with Crippen molar-refractivity contribution in [2.45, 2.75) is 37.8 Å². The van der Waals surface area contributed by atoms with Crippen molar-refractivity contribution >= 4 is 23.9 Å². The second-order valence-corrected chi connectivity index (χ2v) is 5.93. The van der Waals surface area contributed by atoms with E-state index in [1.165, 1.54) is 0 Å². The van der Waals surface area contributed by atoms with E-state index >= 15 is 0 Å². The lowest BCUT2D eigenvalue weighted by Crippen LogP contribution is -2.43. The number of aliphatic hydroxyl groups is 4. The highest BCUT2D eigenvalue weighted by Gasteiger charge is 2.38. The summed E-state index contributed by atoms with van der Waals surface area (Å²) in [6.07, 6.45) is -6.23. The molecule has 0 radical (unpaired) electrons. The van der Waals surface area contributed by atoms with Crippen LogP contribution in [-0.4, -0.2) is 112 Å². The molecule has 3 amide bonds. The summed E-state index contributed by atoms with van der Waals surface area (Å²) >= 11 is 0. The molecule has 0 aromatic carbocycles. The van der Waals surface area contributed by atoms with Gasteiger partial charge in [-0.05, 0) is 6.42 Å². The fourth-order valence-corrected chi connectivity index (χ4v) is 2.21. The lowest BCUT2D eigenvalue weighted by Gasteiger charge is -2.21. The highest BCUT2D eigenvalue weighted by atomic mass is 16.6. The molecular weight excluding hydrogens is 368 g/mol. The molecule has 4 unspecified atom stereocenters. The van der Waals surface area contributed by atoms with Gasteiger partial charge in [-0.25, -0.2) is 14.4 Å². The maximum absolute atomic E-state index is 12.1. The van der Waals surface area contributed by atoms with Crippen molar-refractivity contribution in [3.05, 3.63) is 0 Å². The van der Waals surface area contributed by atoms with Crippen LogP contribution in [0.4, 0.5) is 4.79 Å². The molecule has 27 heavy (non-hydrogen) atoms. The van der Waals surface area contributed by atoms with E-state index in [4.69, 9.17) is 0 Å². The van der Waals surface area contributed by atoms with Crippen LogP contribution in [0, 0.1) is 0 Å². The summed E-state index contributed by atoms with van der Waals surface area (Å²) in [6.45, 7) is 0.236. The standard InChI is InChI=1S/C15H24N2O10/c1-3-8(18)5-17-10(20)6-16(15(17)25)4-9(19)7-27-14(24)12(22)11(21)13(23)26-2/h8-9,11-12,18-19,21-22H,3-7H2,1-2H3. The normalized spacial score (nSPS) is 18.9. The number of urea groups is 1. The van der Waals surface area contributed by atoms with Gasteiger partial charge in [0.15, 0.2) is 12.2 Å². The molecule has 1 fully saturated rings. The van der Waals surface area contributed by atoms with Crippen LogP contribution in [0.25, 0.3) is 0 Å². The second kappa shape index (κ2) is 10.2. The van der Waals surface area contributed by atoms with Crippen molar-refractivity contribution in [1.82, 2.24) is 9.80 Å². The van der Waals surface area contributed by atoms with Crippen LogP contribution in [0.5, 0.6) is 0 Å². The Kier molecular flexibility index (Phi) is 8.56. The van der Waals surface area contributed by atoms with E-state index in [1.54, 1.807) is 6.92 Å². The molecule has 0 aromatic rings. The van der Waals surface area contributed by atoms with E-state index in [0.29, 0.717) is 6.42 Å². The number of aliphatic hydroxyl groups excluding tert-OH is 4. The number of β-amino-alcohol motifs (C(OH)–C–C–N with tert-alkyl or cyclic N) is 2. The van der Waals surface area contributed by atoms with Gasteiger partial charge in [-0.15, -0.1) is 0 Å². The SMILES string of the molecule is CCC(O)CN1C(=O)CN(CC(O)COC(=O)C(O)C(O)C(=O)OC)C1=O. The monoisotopic (exact) mass is 392 g/mol. The van der Waals surface area contributed by atoms with Crippen molar-refractivity contribution in [2.24, 2.45) is 0 Å². The summed E-state index contributed by atoms with van der Waals surface area (Å²) in [5, 5.41) is 38.2. The van der Waals surface area contributed by atoms with Gasteiger partial charge in [0.25, 0.3) is 0 Å². The number of rotatable bonds is 10. The van der Waals surface area contributed by atoms with E-state index < -0.39 is 54.9 Å². The molecule has 12 heteroatoms. The number of amides is 3. The van der Waals surface area contributed by atoms with Gasteiger partial charge in [0.1, 0.15) is 19.3 Å². The first-order chi connectivity index (χ1) is 12.6. The average Bonchev–Trinajstić information content (AvgIpc) is 2.91. The third-order valence-electron chi connectivity index (χ3n) is 3.83. The molecule has 0 aromatic heterocycles. The first-order valence-corrected chi connectivity index (χ1v) is 8.18. The molecular formula is C15H24N2O10. The third kappa shape index (κ3) is 6.13. The molecule has 1 rings (SSSR count). The molecule has 4 atom stereocenters. The van der Waals surface area contributed by atoms with Crippen molar-refractivity contribution in [3.63, 3.8) is 0 Å². The summed E-state index contributed by atoms with van der Waals surface area (Å²) in [4.78, 5) is 48.4. The highest BCUT2D eigenvalue weighted by molar-refractivity contribution is 6.02. The molecule has 1 aliphatic heterocycles. The van der Waals surface area contributed by atoms with Crippen LogP contribution in [0.2, 0.25) is 0 Å². The smallest absolute Gasteiger partial charge is 0.338 e. The van der Waals surface area contributed by atoms with Gasteiger partial charge in [0.2, 0.25) is 5.91 Å². The number of hydrogen-bond acceptors (Lipinski definition) is 10. The average molecular weight is 392 g/mol. The van der Waals surface area contributed by atoms with E-state index in [0.717, 1.165) is 16.9 Å². The van der Waals surface area contributed by atoms with Crippen LogP contribution in [0.1, 0.15) is 13.3 Å². The minimum absolute atomic E-state index is 0.159. The summed E-state index contributed by atoms with van der Waals surface area (Å²) in [5.41, 5.74) is 0. The minimum Gasteiger partial charge on any atom is -0.467 e. The van der Waals surface area contributed by atoms with Crippen LogP contribution in [-0.2, 0) is 23.9 Å². The van der Waals surface area contributed by atoms with E-state index in [1.807, 2.05) is 0 Å². The molecule has 154 valence electrons. The van der Waals surface area contributed by atoms with E-state index in [9.17, 15) is 39.6 Å². The summed E-state index contributed by atoms with van der Waals surface area (Å²) in [5.74, 6) is -3.15. The van der Waals surface area contributed by atoms with Crippen LogP contribution >= 0.6 is 0 Å². The van der Waals surface area contributed by atoms with E-state index in [2.05, 4.69) is 9.47 Å².